The lowest BCUT2D eigenvalue weighted by Crippen LogP contribution is -2.59. The number of ether oxygens (including phenoxy) is 4. The number of esters is 2. The molecule has 1 aliphatic heterocycles. The summed E-state index contributed by atoms with van der Waals surface area (Å²) in [5.41, 5.74) is 0. The standard InChI is InChI=1S/C40H72O10/c1-3-5-7-9-11-13-15-17-19-21-23-25-27-29-36(43)49-33(32-48-40-39(46)38(45)37(44)34(30-41)50-40)31-47-35(42)28-26-24-22-20-18-16-14-12-10-8-6-4-2/h17,19,23,25,33-34,37-41,44-46H,3-16,18,20-22,24,26-32H2,1-2H3/b19-17+,25-23+/t33?,34-,37+,38?,39?,40-/m0/s1. The smallest absolute Gasteiger partial charge is 0.306 e. The van der Waals surface area contributed by atoms with Gasteiger partial charge >= 0.3 is 11.9 Å². The van der Waals surface area contributed by atoms with Crippen LogP contribution in [0.4, 0.5) is 0 Å². The second-order valence-electron chi connectivity index (χ2n) is 13.7. The number of aliphatic hydroxyl groups excluding tert-OH is 4. The van der Waals surface area contributed by atoms with E-state index in [9.17, 15) is 30.0 Å². The van der Waals surface area contributed by atoms with Gasteiger partial charge in [-0.25, -0.2) is 0 Å². The Balaban J connectivity index is 2.43. The summed E-state index contributed by atoms with van der Waals surface area (Å²) in [5, 5.41) is 39.9. The normalized spacial score (nSPS) is 21.6. The summed E-state index contributed by atoms with van der Waals surface area (Å²) in [6.07, 6.45) is 24.9. The minimum absolute atomic E-state index is 0.126. The van der Waals surface area contributed by atoms with Crippen LogP contribution in [0.2, 0.25) is 0 Å². The molecular formula is C40H72O10. The van der Waals surface area contributed by atoms with Crippen molar-refractivity contribution in [1.29, 1.82) is 0 Å². The van der Waals surface area contributed by atoms with Gasteiger partial charge in [-0.05, 0) is 32.1 Å². The first-order valence-corrected chi connectivity index (χ1v) is 19.9. The number of hydrogen-bond donors (Lipinski definition) is 4. The molecule has 6 atom stereocenters. The molecule has 0 saturated carbocycles. The highest BCUT2D eigenvalue weighted by molar-refractivity contribution is 5.70. The van der Waals surface area contributed by atoms with Gasteiger partial charge < -0.3 is 39.4 Å². The van der Waals surface area contributed by atoms with Crippen LogP contribution < -0.4 is 0 Å². The third-order valence-corrected chi connectivity index (χ3v) is 9.10. The molecule has 0 aromatic heterocycles. The van der Waals surface area contributed by atoms with E-state index in [4.69, 9.17) is 18.9 Å². The molecule has 4 N–H and O–H groups in total. The molecule has 50 heavy (non-hydrogen) atoms. The van der Waals surface area contributed by atoms with E-state index in [1.165, 1.54) is 96.3 Å². The number of carbonyl (C=O) groups excluding carboxylic acids is 2. The van der Waals surface area contributed by atoms with E-state index in [-0.39, 0.29) is 26.1 Å². The van der Waals surface area contributed by atoms with Crippen molar-refractivity contribution in [1.82, 2.24) is 0 Å². The van der Waals surface area contributed by atoms with Gasteiger partial charge in [0.2, 0.25) is 0 Å². The Morgan fingerprint density at radius 3 is 1.74 bits per heavy atom. The van der Waals surface area contributed by atoms with Gasteiger partial charge in [-0.3, -0.25) is 9.59 Å². The average Bonchev–Trinajstić information content (AvgIpc) is 3.11. The molecule has 292 valence electrons. The van der Waals surface area contributed by atoms with Crippen LogP contribution >= 0.6 is 0 Å². The van der Waals surface area contributed by atoms with E-state index >= 15 is 0 Å². The van der Waals surface area contributed by atoms with E-state index in [0.29, 0.717) is 6.42 Å². The van der Waals surface area contributed by atoms with Crippen molar-refractivity contribution >= 4 is 11.9 Å². The van der Waals surface area contributed by atoms with Crippen LogP contribution in [0.3, 0.4) is 0 Å². The summed E-state index contributed by atoms with van der Waals surface area (Å²) < 4.78 is 22.0. The summed E-state index contributed by atoms with van der Waals surface area (Å²) in [6, 6.07) is 0. The zero-order chi connectivity index (χ0) is 36.7. The van der Waals surface area contributed by atoms with Gasteiger partial charge in [0.15, 0.2) is 12.4 Å². The molecule has 1 saturated heterocycles. The quantitative estimate of drug-likeness (QED) is 0.0316. The average molecular weight is 713 g/mol. The molecule has 1 heterocycles. The van der Waals surface area contributed by atoms with Gasteiger partial charge in [0.05, 0.1) is 13.2 Å². The van der Waals surface area contributed by atoms with Crippen LogP contribution in [0.25, 0.3) is 0 Å². The monoisotopic (exact) mass is 713 g/mol. The first-order chi connectivity index (χ1) is 24.3. The molecule has 0 radical (unpaired) electrons. The molecule has 3 unspecified atom stereocenters. The van der Waals surface area contributed by atoms with Gasteiger partial charge in [0.25, 0.3) is 0 Å². The highest BCUT2D eigenvalue weighted by Crippen LogP contribution is 2.22. The molecule has 0 spiro atoms. The van der Waals surface area contributed by atoms with Crippen LogP contribution in [0, 0.1) is 0 Å². The third-order valence-electron chi connectivity index (χ3n) is 9.10. The van der Waals surface area contributed by atoms with Crippen LogP contribution in [0.1, 0.15) is 162 Å². The fourth-order valence-electron chi connectivity index (χ4n) is 5.89. The largest absolute Gasteiger partial charge is 0.462 e. The summed E-state index contributed by atoms with van der Waals surface area (Å²) in [7, 11) is 0. The van der Waals surface area contributed by atoms with Crippen LogP contribution in [-0.4, -0.2) is 89.0 Å². The van der Waals surface area contributed by atoms with Crippen molar-refractivity contribution < 1.29 is 49.0 Å². The minimum Gasteiger partial charge on any atom is -0.462 e. The van der Waals surface area contributed by atoms with E-state index in [1.807, 2.05) is 12.2 Å². The summed E-state index contributed by atoms with van der Waals surface area (Å²) >= 11 is 0. The Morgan fingerprint density at radius 2 is 1.16 bits per heavy atom. The Kier molecular flexibility index (Phi) is 29.5. The minimum atomic E-state index is -1.60. The number of aliphatic hydroxyl groups is 4. The SMILES string of the molecule is CCCCCCCC/C=C/C/C=C/CCC(=O)OC(COC(=O)CCCCCCCCCCCCCC)CO[C@H]1O[C@@H](CO)[C@@H](O)C(O)C1O. The lowest BCUT2D eigenvalue weighted by Gasteiger charge is -2.39. The van der Waals surface area contributed by atoms with Crippen molar-refractivity contribution in [2.75, 3.05) is 19.8 Å². The molecule has 10 nitrogen and oxygen atoms in total. The highest BCUT2D eigenvalue weighted by atomic mass is 16.7. The molecular weight excluding hydrogens is 640 g/mol. The molecule has 1 rings (SSSR count). The number of unbranched alkanes of at least 4 members (excludes halogenated alkanes) is 17. The molecule has 0 amide bonds. The fourth-order valence-corrected chi connectivity index (χ4v) is 5.89. The highest BCUT2D eigenvalue weighted by Gasteiger charge is 2.44. The number of rotatable bonds is 32. The Bertz CT molecular complexity index is 876. The van der Waals surface area contributed by atoms with Gasteiger partial charge in [-0.1, -0.05) is 141 Å². The third kappa shape index (κ3) is 23.6. The predicted octanol–water partition coefficient (Wildman–Crippen LogP) is 7.38. The molecule has 1 aliphatic rings. The summed E-state index contributed by atoms with van der Waals surface area (Å²) in [5.74, 6) is -0.883. The predicted molar refractivity (Wildman–Crippen MR) is 196 cm³/mol. The Hall–Kier alpha value is -1.82. The second kappa shape index (κ2) is 31.9. The lowest BCUT2D eigenvalue weighted by molar-refractivity contribution is -0.305. The van der Waals surface area contributed by atoms with Crippen molar-refractivity contribution in [2.45, 2.75) is 198 Å². The van der Waals surface area contributed by atoms with Crippen LogP contribution in [0.15, 0.2) is 24.3 Å². The Morgan fingerprint density at radius 1 is 0.620 bits per heavy atom. The molecule has 0 aromatic rings. The zero-order valence-corrected chi connectivity index (χ0v) is 31.4. The number of allylic oxidation sites excluding steroid dienone is 4. The van der Waals surface area contributed by atoms with E-state index < -0.39 is 55.4 Å². The first kappa shape index (κ1) is 46.2. The summed E-state index contributed by atoms with van der Waals surface area (Å²) in [4.78, 5) is 25.1. The Labute approximate surface area is 303 Å². The summed E-state index contributed by atoms with van der Waals surface area (Å²) in [6.45, 7) is 3.34. The second-order valence-corrected chi connectivity index (χ2v) is 13.7. The fraction of sp³-hybridized carbons (Fsp3) is 0.850. The van der Waals surface area contributed by atoms with E-state index in [0.717, 1.165) is 32.1 Å². The molecule has 0 bridgehead atoms. The van der Waals surface area contributed by atoms with Crippen molar-refractivity contribution in [3.8, 4) is 0 Å². The van der Waals surface area contributed by atoms with E-state index in [2.05, 4.69) is 26.0 Å². The number of carbonyl (C=O) groups is 2. The van der Waals surface area contributed by atoms with Crippen molar-refractivity contribution in [3.63, 3.8) is 0 Å². The molecule has 0 aliphatic carbocycles. The molecule has 1 fully saturated rings. The lowest BCUT2D eigenvalue weighted by atomic mass is 9.99. The first-order valence-electron chi connectivity index (χ1n) is 19.9. The zero-order valence-electron chi connectivity index (χ0n) is 31.4. The topological polar surface area (TPSA) is 152 Å². The number of hydrogen-bond acceptors (Lipinski definition) is 10. The van der Waals surface area contributed by atoms with Gasteiger partial charge in [-0.2, -0.15) is 0 Å². The maximum atomic E-state index is 12.7. The van der Waals surface area contributed by atoms with Crippen LogP contribution in [0.5, 0.6) is 0 Å². The van der Waals surface area contributed by atoms with E-state index in [1.54, 1.807) is 0 Å². The molecule has 0 aromatic carbocycles. The van der Waals surface area contributed by atoms with Crippen molar-refractivity contribution in [2.24, 2.45) is 0 Å². The maximum Gasteiger partial charge on any atom is 0.306 e. The van der Waals surface area contributed by atoms with Gasteiger partial charge in [0, 0.05) is 12.8 Å². The van der Waals surface area contributed by atoms with Crippen molar-refractivity contribution in [3.05, 3.63) is 24.3 Å². The maximum absolute atomic E-state index is 12.7. The molecule has 10 heteroatoms. The van der Waals surface area contributed by atoms with Gasteiger partial charge in [0.1, 0.15) is 31.0 Å². The van der Waals surface area contributed by atoms with Gasteiger partial charge in [-0.15, -0.1) is 0 Å². The van der Waals surface area contributed by atoms with Crippen LogP contribution in [-0.2, 0) is 28.5 Å².